The van der Waals surface area contributed by atoms with E-state index in [1.54, 1.807) is 24.3 Å². The first-order valence-corrected chi connectivity index (χ1v) is 15.4. The van der Waals surface area contributed by atoms with Gasteiger partial charge in [0.25, 0.3) is 10.0 Å². The number of rotatable bonds is 14. The number of hydrogen-bond acceptors (Lipinski definition) is 6. The van der Waals surface area contributed by atoms with E-state index in [4.69, 9.17) is 9.47 Å². The molecule has 42 heavy (non-hydrogen) atoms. The maximum atomic E-state index is 14.2. The van der Waals surface area contributed by atoms with Gasteiger partial charge >= 0.3 is 0 Å². The third-order valence-electron chi connectivity index (χ3n) is 7.13. The third-order valence-corrected chi connectivity index (χ3v) is 8.90. The highest BCUT2D eigenvalue weighted by atomic mass is 32.2. The van der Waals surface area contributed by atoms with Crippen LogP contribution >= 0.6 is 0 Å². The first-order chi connectivity index (χ1) is 20.0. The van der Waals surface area contributed by atoms with Gasteiger partial charge < -0.3 is 19.7 Å². The molecule has 3 aromatic rings. The summed E-state index contributed by atoms with van der Waals surface area (Å²) in [5, 5.41) is 2.98. The molecule has 0 heterocycles. The van der Waals surface area contributed by atoms with Gasteiger partial charge in [0.2, 0.25) is 11.8 Å². The summed E-state index contributed by atoms with van der Waals surface area (Å²) >= 11 is 0. The van der Waals surface area contributed by atoms with Crippen molar-refractivity contribution in [2.75, 3.05) is 25.1 Å². The van der Waals surface area contributed by atoms with Crippen molar-refractivity contribution in [1.82, 2.24) is 10.2 Å². The second-order valence-electron chi connectivity index (χ2n) is 10.1. The largest absolute Gasteiger partial charge is 0.497 e. The smallest absolute Gasteiger partial charge is 0.264 e. The molecule has 226 valence electrons. The molecular formula is C32H41N3O6S. The lowest BCUT2D eigenvalue weighted by molar-refractivity contribution is -0.140. The minimum absolute atomic E-state index is 0.0157. The third kappa shape index (κ3) is 7.82. The van der Waals surface area contributed by atoms with Crippen molar-refractivity contribution in [2.24, 2.45) is 0 Å². The van der Waals surface area contributed by atoms with E-state index in [1.165, 1.54) is 37.3 Å². The van der Waals surface area contributed by atoms with Gasteiger partial charge in [-0.2, -0.15) is 0 Å². The van der Waals surface area contributed by atoms with Gasteiger partial charge in [-0.25, -0.2) is 8.42 Å². The van der Waals surface area contributed by atoms with Crippen LogP contribution < -0.4 is 19.1 Å². The number of nitrogens with zero attached hydrogens (tertiary/aromatic N) is 2. The van der Waals surface area contributed by atoms with Crippen molar-refractivity contribution >= 4 is 27.5 Å². The minimum atomic E-state index is -4.26. The van der Waals surface area contributed by atoms with Gasteiger partial charge in [0, 0.05) is 18.7 Å². The summed E-state index contributed by atoms with van der Waals surface area (Å²) in [7, 11) is -1.36. The summed E-state index contributed by atoms with van der Waals surface area (Å²) in [6, 6.07) is 19.6. The van der Waals surface area contributed by atoms with Crippen LogP contribution in [-0.2, 0) is 26.2 Å². The molecule has 9 nitrogen and oxygen atoms in total. The lowest BCUT2D eigenvalue weighted by atomic mass is 10.1. The van der Waals surface area contributed by atoms with Crippen molar-refractivity contribution in [1.29, 1.82) is 0 Å². The lowest BCUT2D eigenvalue weighted by Crippen LogP contribution is -2.53. The highest BCUT2D eigenvalue weighted by molar-refractivity contribution is 7.92. The molecule has 0 spiro atoms. The van der Waals surface area contributed by atoms with Gasteiger partial charge in [-0.15, -0.1) is 0 Å². The number of amides is 2. The predicted molar refractivity (Wildman–Crippen MR) is 164 cm³/mol. The van der Waals surface area contributed by atoms with E-state index < -0.39 is 28.5 Å². The van der Waals surface area contributed by atoms with Crippen LogP contribution in [0.5, 0.6) is 11.5 Å². The Morgan fingerprint density at radius 3 is 2.14 bits per heavy atom. The summed E-state index contributed by atoms with van der Waals surface area (Å²) in [5.41, 5.74) is 1.85. The lowest BCUT2D eigenvalue weighted by Gasteiger charge is -2.34. The molecule has 0 bridgehead atoms. The molecule has 0 unspecified atom stereocenters. The molecule has 2 amide bonds. The SMILES string of the molecule is CC[C@@H](C)NC(=O)[C@@H](CC)N(Cc1ccccc1)C(=O)CN(c1cc(OC)ccc1OC)S(=O)(=O)c1ccc(C)cc1. The Labute approximate surface area is 249 Å². The highest BCUT2D eigenvalue weighted by Gasteiger charge is 2.35. The molecule has 0 aliphatic rings. The normalized spacial score (nSPS) is 12.6. The van der Waals surface area contributed by atoms with E-state index in [-0.39, 0.29) is 34.8 Å². The van der Waals surface area contributed by atoms with Crippen LogP contribution in [0, 0.1) is 6.92 Å². The van der Waals surface area contributed by atoms with Crippen molar-refractivity contribution in [3.05, 3.63) is 83.9 Å². The Hall–Kier alpha value is -4.05. The fraction of sp³-hybridized carbons (Fsp3) is 0.375. The van der Waals surface area contributed by atoms with Gasteiger partial charge in [0.1, 0.15) is 24.1 Å². The number of ether oxygens (including phenoxy) is 2. The van der Waals surface area contributed by atoms with Gasteiger partial charge in [0.05, 0.1) is 24.8 Å². The Balaban J connectivity index is 2.14. The zero-order valence-corrected chi connectivity index (χ0v) is 26.0. The van der Waals surface area contributed by atoms with E-state index in [0.29, 0.717) is 12.2 Å². The molecule has 1 N–H and O–H groups in total. The first kappa shape index (κ1) is 32.5. The number of aryl methyl sites for hydroxylation is 1. The van der Waals surface area contributed by atoms with E-state index >= 15 is 0 Å². The minimum Gasteiger partial charge on any atom is -0.497 e. The summed E-state index contributed by atoms with van der Waals surface area (Å²) in [4.78, 5) is 29.1. The number of methoxy groups -OCH3 is 2. The molecule has 0 saturated heterocycles. The van der Waals surface area contributed by atoms with Crippen LogP contribution in [0.15, 0.2) is 77.7 Å². The number of anilines is 1. The summed E-state index contributed by atoms with van der Waals surface area (Å²) in [6.07, 6.45) is 1.07. The maximum Gasteiger partial charge on any atom is 0.264 e. The fourth-order valence-electron chi connectivity index (χ4n) is 4.48. The monoisotopic (exact) mass is 595 g/mol. The molecule has 2 atom stereocenters. The number of benzene rings is 3. The average molecular weight is 596 g/mol. The quantitative estimate of drug-likeness (QED) is 0.283. The second kappa shape index (κ2) is 14.7. The molecule has 0 aromatic heterocycles. The maximum absolute atomic E-state index is 14.2. The van der Waals surface area contributed by atoms with Crippen LogP contribution in [0.25, 0.3) is 0 Å². The van der Waals surface area contributed by atoms with E-state index in [0.717, 1.165) is 21.9 Å². The Morgan fingerprint density at radius 2 is 1.57 bits per heavy atom. The summed E-state index contributed by atoms with van der Waals surface area (Å²) in [5.74, 6) is -0.188. The Bertz CT molecular complexity index is 1440. The van der Waals surface area contributed by atoms with Gasteiger partial charge in [-0.1, -0.05) is 61.9 Å². The predicted octanol–water partition coefficient (Wildman–Crippen LogP) is 4.93. The van der Waals surface area contributed by atoms with Crippen LogP contribution in [-0.4, -0.2) is 58.0 Å². The zero-order valence-electron chi connectivity index (χ0n) is 25.2. The van der Waals surface area contributed by atoms with Crippen LogP contribution in [0.2, 0.25) is 0 Å². The Kier molecular flexibility index (Phi) is 11.4. The van der Waals surface area contributed by atoms with Crippen molar-refractivity contribution < 1.29 is 27.5 Å². The van der Waals surface area contributed by atoms with Crippen LogP contribution in [0.3, 0.4) is 0 Å². The van der Waals surface area contributed by atoms with Crippen LogP contribution in [0.1, 0.15) is 44.7 Å². The number of carbonyl (C=O) groups is 2. The summed E-state index contributed by atoms with van der Waals surface area (Å²) < 4.78 is 40.3. The van der Waals surface area contributed by atoms with E-state index in [9.17, 15) is 18.0 Å². The zero-order chi connectivity index (χ0) is 30.9. The molecular weight excluding hydrogens is 554 g/mol. The molecule has 3 aromatic carbocycles. The number of sulfonamides is 1. The van der Waals surface area contributed by atoms with Crippen LogP contribution in [0.4, 0.5) is 5.69 Å². The topological polar surface area (TPSA) is 105 Å². The standard InChI is InChI=1S/C32H41N3O6S/c1-7-24(4)33-32(37)28(8-2)34(21-25-12-10-9-11-13-25)31(36)22-35(29-20-26(40-5)16-19-30(29)41-6)42(38,39)27-17-14-23(3)15-18-27/h9-20,24,28H,7-8,21-22H2,1-6H3,(H,33,37)/t24-,28-/m1/s1. The first-order valence-electron chi connectivity index (χ1n) is 14.0. The number of hydrogen-bond donors (Lipinski definition) is 1. The van der Waals surface area contributed by atoms with E-state index in [2.05, 4.69) is 5.32 Å². The van der Waals surface area contributed by atoms with Gasteiger partial charge in [-0.3, -0.25) is 13.9 Å². The summed E-state index contributed by atoms with van der Waals surface area (Å²) in [6.45, 7) is 7.12. The molecule has 0 fully saturated rings. The highest BCUT2D eigenvalue weighted by Crippen LogP contribution is 2.36. The number of carbonyl (C=O) groups excluding carboxylic acids is 2. The average Bonchev–Trinajstić information content (AvgIpc) is 2.99. The molecule has 0 saturated carbocycles. The van der Waals surface area contributed by atoms with Crippen molar-refractivity contribution in [2.45, 2.75) is 64.1 Å². The Morgan fingerprint density at radius 1 is 0.905 bits per heavy atom. The molecule has 0 aliphatic heterocycles. The number of nitrogens with one attached hydrogen (secondary N) is 1. The van der Waals surface area contributed by atoms with Gasteiger partial charge in [-0.05, 0) is 56.5 Å². The molecule has 0 radical (unpaired) electrons. The fourth-order valence-corrected chi connectivity index (χ4v) is 5.90. The molecule has 10 heteroatoms. The van der Waals surface area contributed by atoms with Crippen molar-refractivity contribution in [3.63, 3.8) is 0 Å². The molecule has 3 rings (SSSR count). The van der Waals surface area contributed by atoms with Gasteiger partial charge in [0.15, 0.2) is 0 Å². The second-order valence-corrected chi connectivity index (χ2v) is 12.0. The molecule has 0 aliphatic carbocycles. The van der Waals surface area contributed by atoms with E-state index in [1.807, 2.05) is 58.0 Å². The van der Waals surface area contributed by atoms with Crippen molar-refractivity contribution in [3.8, 4) is 11.5 Å².